The van der Waals surface area contributed by atoms with Gasteiger partial charge in [0.05, 0.1) is 0 Å². The van der Waals surface area contributed by atoms with Crippen molar-refractivity contribution >= 4 is 11.7 Å². The van der Waals surface area contributed by atoms with Crippen LogP contribution in [-0.4, -0.2) is 29.0 Å². The van der Waals surface area contributed by atoms with E-state index in [1.165, 1.54) is 5.56 Å². The second-order valence-electron chi connectivity index (χ2n) is 3.87. The molecule has 2 heterocycles. The molecular formula is C11H16N4. The lowest BCUT2D eigenvalue weighted by atomic mass is 10.2. The van der Waals surface area contributed by atoms with Crippen LogP contribution < -0.4 is 4.90 Å². The molecule has 80 valence electrons. The van der Waals surface area contributed by atoms with Gasteiger partial charge in [-0.15, -0.1) is 0 Å². The van der Waals surface area contributed by atoms with Gasteiger partial charge in [0.2, 0.25) is 0 Å². The molecule has 1 aromatic rings. The van der Waals surface area contributed by atoms with Crippen LogP contribution in [0.15, 0.2) is 23.4 Å². The van der Waals surface area contributed by atoms with Gasteiger partial charge in [0.1, 0.15) is 17.8 Å². The first-order valence-electron chi connectivity index (χ1n) is 5.10. The number of aromatic nitrogens is 1. The van der Waals surface area contributed by atoms with Crippen molar-refractivity contribution < 1.29 is 0 Å². The third-order valence-corrected chi connectivity index (χ3v) is 2.78. The summed E-state index contributed by atoms with van der Waals surface area (Å²) in [6.07, 6.45) is 2.05. The van der Waals surface area contributed by atoms with E-state index in [0.29, 0.717) is 0 Å². The lowest BCUT2D eigenvalue weighted by Crippen LogP contribution is -2.38. The van der Waals surface area contributed by atoms with E-state index >= 15 is 0 Å². The first-order valence-corrected chi connectivity index (χ1v) is 5.10. The maximum atomic E-state index is 4.41. The molecule has 0 bridgehead atoms. The first-order chi connectivity index (χ1) is 7.11. The molecule has 0 saturated heterocycles. The van der Waals surface area contributed by atoms with Crippen LogP contribution in [0.2, 0.25) is 0 Å². The van der Waals surface area contributed by atoms with E-state index in [9.17, 15) is 0 Å². The highest BCUT2D eigenvalue weighted by molar-refractivity contribution is 5.97. The molecule has 2 rings (SSSR count). The molecule has 1 atom stereocenters. The number of hydrazone groups is 1. The van der Waals surface area contributed by atoms with Gasteiger partial charge >= 0.3 is 0 Å². The number of aryl methyl sites for hydroxylation is 1. The second kappa shape index (κ2) is 3.53. The van der Waals surface area contributed by atoms with Gasteiger partial charge in [0.15, 0.2) is 0 Å². The number of hydrogen-bond acceptors (Lipinski definition) is 4. The summed E-state index contributed by atoms with van der Waals surface area (Å²) < 4.78 is 0. The second-order valence-corrected chi connectivity index (χ2v) is 3.87. The Morgan fingerprint density at radius 3 is 2.60 bits per heavy atom. The number of amidine groups is 1. The third kappa shape index (κ3) is 1.56. The molecule has 0 aliphatic carbocycles. The van der Waals surface area contributed by atoms with Crippen LogP contribution in [0, 0.1) is 6.92 Å². The van der Waals surface area contributed by atoms with Crippen molar-refractivity contribution in [1.29, 1.82) is 0 Å². The minimum absolute atomic E-state index is 0.235. The van der Waals surface area contributed by atoms with E-state index in [1.54, 1.807) is 0 Å². The monoisotopic (exact) mass is 204 g/mol. The average molecular weight is 204 g/mol. The predicted octanol–water partition coefficient (Wildman–Crippen LogP) is 1.82. The standard InChI is InChI=1S/C11H16N4/c1-8-6-5-7-12-11(8)15-9(2)13-14(4)10(15)3/h5-7,10H,1-4H3. The van der Waals surface area contributed by atoms with Crippen LogP contribution in [0.1, 0.15) is 19.4 Å². The molecule has 0 amide bonds. The molecular weight excluding hydrogens is 188 g/mol. The molecule has 1 unspecified atom stereocenters. The zero-order valence-electron chi connectivity index (χ0n) is 9.60. The molecule has 1 aromatic heterocycles. The summed E-state index contributed by atoms with van der Waals surface area (Å²) in [6, 6.07) is 4.02. The number of anilines is 1. The molecule has 0 fully saturated rings. The zero-order valence-corrected chi connectivity index (χ0v) is 9.60. The van der Waals surface area contributed by atoms with Crippen molar-refractivity contribution in [2.75, 3.05) is 11.9 Å². The number of pyridine rings is 1. The van der Waals surface area contributed by atoms with Crippen molar-refractivity contribution in [3.63, 3.8) is 0 Å². The van der Waals surface area contributed by atoms with E-state index in [-0.39, 0.29) is 6.17 Å². The summed E-state index contributed by atoms with van der Waals surface area (Å²) in [5.74, 6) is 1.99. The summed E-state index contributed by atoms with van der Waals surface area (Å²) in [6.45, 7) is 6.20. The Hall–Kier alpha value is -1.58. The van der Waals surface area contributed by atoms with Crippen LogP contribution in [0.25, 0.3) is 0 Å². The van der Waals surface area contributed by atoms with Crippen molar-refractivity contribution in [2.24, 2.45) is 5.10 Å². The molecule has 0 N–H and O–H groups in total. The molecule has 1 aliphatic heterocycles. The lowest BCUT2D eigenvalue weighted by molar-refractivity contribution is 0.303. The number of rotatable bonds is 1. The van der Waals surface area contributed by atoms with Crippen molar-refractivity contribution in [3.05, 3.63) is 23.9 Å². The molecule has 15 heavy (non-hydrogen) atoms. The highest BCUT2D eigenvalue weighted by atomic mass is 15.6. The fourth-order valence-electron chi connectivity index (χ4n) is 1.86. The lowest BCUT2D eigenvalue weighted by Gasteiger charge is -2.26. The molecule has 1 aliphatic rings. The number of hydrogen-bond donors (Lipinski definition) is 0. The summed E-state index contributed by atoms with van der Waals surface area (Å²) in [4.78, 5) is 6.56. The Bertz CT molecular complexity index is 399. The Labute approximate surface area is 90.2 Å². The van der Waals surface area contributed by atoms with Gasteiger partial charge in [-0.1, -0.05) is 6.07 Å². The van der Waals surface area contributed by atoms with E-state index in [2.05, 4.69) is 34.9 Å². The maximum Gasteiger partial charge on any atom is 0.138 e. The Balaban J connectivity index is 2.40. The van der Waals surface area contributed by atoms with Crippen LogP contribution in [0.4, 0.5) is 5.82 Å². The van der Waals surface area contributed by atoms with Crippen molar-refractivity contribution in [3.8, 4) is 0 Å². The van der Waals surface area contributed by atoms with E-state index in [1.807, 2.05) is 31.2 Å². The maximum absolute atomic E-state index is 4.41. The van der Waals surface area contributed by atoms with Gasteiger partial charge in [-0.3, -0.25) is 9.91 Å². The van der Waals surface area contributed by atoms with Gasteiger partial charge < -0.3 is 0 Å². The van der Waals surface area contributed by atoms with Crippen LogP contribution in [0.3, 0.4) is 0 Å². The van der Waals surface area contributed by atoms with Crippen LogP contribution >= 0.6 is 0 Å². The summed E-state index contributed by atoms with van der Waals surface area (Å²) in [5.41, 5.74) is 1.18. The van der Waals surface area contributed by atoms with Gasteiger partial charge in [-0.05, 0) is 32.4 Å². The molecule has 0 spiro atoms. The Kier molecular flexibility index (Phi) is 2.34. The van der Waals surface area contributed by atoms with Crippen molar-refractivity contribution in [2.45, 2.75) is 26.9 Å². The highest BCUT2D eigenvalue weighted by Gasteiger charge is 2.28. The van der Waals surface area contributed by atoms with E-state index in [4.69, 9.17) is 0 Å². The fraction of sp³-hybridized carbons (Fsp3) is 0.455. The van der Waals surface area contributed by atoms with Crippen molar-refractivity contribution in [1.82, 2.24) is 9.99 Å². The molecule has 0 aromatic carbocycles. The smallest absolute Gasteiger partial charge is 0.138 e. The molecule has 4 heteroatoms. The minimum Gasteiger partial charge on any atom is -0.290 e. The van der Waals surface area contributed by atoms with Gasteiger partial charge in [-0.25, -0.2) is 4.98 Å². The summed E-state index contributed by atoms with van der Waals surface area (Å²) in [7, 11) is 1.98. The van der Waals surface area contributed by atoms with Gasteiger partial charge in [0.25, 0.3) is 0 Å². The normalized spacial score (nSPS) is 20.8. The third-order valence-electron chi connectivity index (χ3n) is 2.78. The molecule has 4 nitrogen and oxygen atoms in total. The molecule has 0 saturated carbocycles. The summed E-state index contributed by atoms with van der Waals surface area (Å²) >= 11 is 0. The van der Waals surface area contributed by atoms with E-state index in [0.717, 1.165) is 11.7 Å². The largest absolute Gasteiger partial charge is 0.290 e. The first kappa shape index (κ1) is 9.96. The quantitative estimate of drug-likeness (QED) is 0.699. The zero-order chi connectivity index (χ0) is 11.0. The Morgan fingerprint density at radius 1 is 1.33 bits per heavy atom. The van der Waals surface area contributed by atoms with E-state index < -0.39 is 0 Å². The van der Waals surface area contributed by atoms with Crippen LogP contribution in [-0.2, 0) is 0 Å². The highest BCUT2D eigenvalue weighted by Crippen LogP contribution is 2.24. The molecule has 0 radical (unpaired) electrons. The topological polar surface area (TPSA) is 31.7 Å². The predicted molar refractivity (Wildman–Crippen MR) is 61.8 cm³/mol. The minimum atomic E-state index is 0.235. The summed E-state index contributed by atoms with van der Waals surface area (Å²) in [5, 5.41) is 6.35. The fourth-order valence-corrected chi connectivity index (χ4v) is 1.86. The number of nitrogens with zero attached hydrogens (tertiary/aromatic N) is 4. The Morgan fingerprint density at radius 2 is 2.07 bits per heavy atom. The van der Waals surface area contributed by atoms with Gasteiger partial charge in [-0.2, -0.15) is 5.10 Å². The SMILES string of the molecule is CC1=NN(C)C(C)N1c1ncccc1C. The van der Waals surface area contributed by atoms with Crippen LogP contribution in [0.5, 0.6) is 0 Å². The van der Waals surface area contributed by atoms with Gasteiger partial charge in [0, 0.05) is 13.2 Å². The average Bonchev–Trinajstić information content (AvgIpc) is 2.43.